The molecular weight excluding hydrogens is 192 g/mol. The van der Waals surface area contributed by atoms with Crippen LogP contribution in [0.4, 0.5) is 0 Å². The summed E-state index contributed by atoms with van der Waals surface area (Å²) in [6.07, 6.45) is 1.94. The van der Waals surface area contributed by atoms with Gasteiger partial charge < -0.3 is 9.84 Å². The normalized spacial score (nSPS) is 22.5. The fourth-order valence-electron chi connectivity index (χ4n) is 2.62. The molecule has 1 aromatic carbocycles. The van der Waals surface area contributed by atoms with Crippen LogP contribution >= 0.6 is 0 Å². The van der Waals surface area contributed by atoms with Crippen molar-refractivity contribution in [2.24, 2.45) is 0 Å². The van der Waals surface area contributed by atoms with Crippen molar-refractivity contribution in [2.45, 2.75) is 25.4 Å². The minimum Gasteiger partial charge on any atom is -0.457 e. The van der Waals surface area contributed by atoms with Gasteiger partial charge in [0.15, 0.2) is 0 Å². The van der Waals surface area contributed by atoms with Crippen LogP contribution in [-0.2, 0) is 17.8 Å². The fraction of sp³-hybridized carbons (Fsp3) is 0.417. The van der Waals surface area contributed by atoms with Crippen LogP contribution in [0.25, 0.3) is 0 Å². The highest BCUT2D eigenvalue weighted by molar-refractivity contribution is 5.94. The van der Waals surface area contributed by atoms with E-state index in [4.69, 9.17) is 4.74 Å². The molecule has 3 heteroatoms. The minimum atomic E-state index is -0.208. The first-order chi connectivity index (χ1) is 7.31. The number of esters is 1. The van der Waals surface area contributed by atoms with Gasteiger partial charge in [0.1, 0.15) is 6.61 Å². The maximum absolute atomic E-state index is 11.3. The summed E-state index contributed by atoms with van der Waals surface area (Å²) in [6, 6.07) is 3.80. The molecule has 0 unspecified atom stereocenters. The van der Waals surface area contributed by atoms with E-state index in [0.717, 1.165) is 18.4 Å². The van der Waals surface area contributed by atoms with Crippen LogP contribution in [0.1, 0.15) is 39.4 Å². The fourth-order valence-corrected chi connectivity index (χ4v) is 2.62. The number of cyclic esters (lactones) is 1. The highest BCUT2D eigenvalue weighted by atomic mass is 16.5. The first-order valence-electron chi connectivity index (χ1n) is 5.24. The van der Waals surface area contributed by atoms with Crippen LogP contribution in [0.3, 0.4) is 0 Å². The van der Waals surface area contributed by atoms with Crippen LogP contribution in [0.5, 0.6) is 0 Å². The molecule has 0 bridgehead atoms. The summed E-state index contributed by atoms with van der Waals surface area (Å²) in [4.78, 5) is 11.3. The van der Waals surface area contributed by atoms with Gasteiger partial charge in [-0.3, -0.25) is 0 Å². The van der Waals surface area contributed by atoms with Crippen molar-refractivity contribution in [3.05, 3.63) is 34.4 Å². The third-order valence-electron chi connectivity index (χ3n) is 3.44. The molecule has 1 atom stereocenters. The third-order valence-corrected chi connectivity index (χ3v) is 3.44. The first kappa shape index (κ1) is 8.92. The van der Waals surface area contributed by atoms with E-state index in [9.17, 15) is 9.90 Å². The van der Waals surface area contributed by atoms with Crippen molar-refractivity contribution in [2.75, 3.05) is 6.61 Å². The Labute approximate surface area is 87.7 Å². The van der Waals surface area contributed by atoms with Crippen molar-refractivity contribution in [3.8, 4) is 0 Å². The maximum atomic E-state index is 11.3. The zero-order chi connectivity index (χ0) is 10.4. The summed E-state index contributed by atoms with van der Waals surface area (Å²) in [5.41, 5.74) is 4.20. The van der Waals surface area contributed by atoms with Crippen molar-refractivity contribution in [3.63, 3.8) is 0 Å². The zero-order valence-corrected chi connectivity index (χ0v) is 8.32. The number of hydrogen-bond donors (Lipinski definition) is 1. The SMILES string of the molecule is O=C1OCc2c1ccc1c2CC[C@@H]1CO. The molecule has 1 heterocycles. The van der Waals surface area contributed by atoms with Gasteiger partial charge in [-0.25, -0.2) is 4.79 Å². The Morgan fingerprint density at radius 1 is 1.40 bits per heavy atom. The topological polar surface area (TPSA) is 46.5 Å². The second-order valence-corrected chi connectivity index (χ2v) is 4.15. The molecule has 0 saturated carbocycles. The van der Waals surface area contributed by atoms with E-state index in [1.807, 2.05) is 12.1 Å². The number of aliphatic hydroxyl groups excluding tert-OH is 1. The second kappa shape index (κ2) is 3.07. The van der Waals surface area contributed by atoms with Gasteiger partial charge in [-0.1, -0.05) is 6.07 Å². The maximum Gasteiger partial charge on any atom is 0.338 e. The molecule has 0 spiro atoms. The molecule has 1 aliphatic heterocycles. The number of fused-ring (bicyclic) bond motifs is 3. The van der Waals surface area contributed by atoms with E-state index >= 15 is 0 Å². The van der Waals surface area contributed by atoms with Crippen LogP contribution < -0.4 is 0 Å². The number of carbonyl (C=O) groups excluding carboxylic acids is 1. The van der Waals surface area contributed by atoms with E-state index < -0.39 is 0 Å². The molecule has 1 N–H and O–H groups in total. The molecule has 0 radical (unpaired) electrons. The summed E-state index contributed by atoms with van der Waals surface area (Å²) in [5, 5.41) is 9.22. The molecule has 3 nitrogen and oxygen atoms in total. The molecule has 78 valence electrons. The first-order valence-corrected chi connectivity index (χ1v) is 5.24. The summed E-state index contributed by atoms with van der Waals surface area (Å²) >= 11 is 0. The van der Waals surface area contributed by atoms with E-state index in [1.54, 1.807) is 0 Å². The summed E-state index contributed by atoms with van der Waals surface area (Å²) < 4.78 is 5.02. The smallest absolute Gasteiger partial charge is 0.338 e. The average Bonchev–Trinajstić information content (AvgIpc) is 2.81. The summed E-state index contributed by atoms with van der Waals surface area (Å²) in [6.45, 7) is 0.607. The standard InChI is InChI=1S/C12H12O3/c13-5-7-1-2-9-8(7)3-4-10-11(9)6-15-12(10)14/h3-4,7,13H,1-2,5-6H2/t7-/m1/s1. The lowest BCUT2D eigenvalue weighted by atomic mass is 9.96. The van der Waals surface area contributed by atoms with E-state index in [-0.39, 0.29) is 18.5 Å². The molecule has 0 amide bonds. The Balaban J connectivity index is 2.15. The Bertz CT molecular complexity index is 437. The largest absolute Gasteiger partial charge is 0.457 e. The lowest BCUT2D eigenvalue weighted by Gasteiger charge is -2.08. The number of aliphatic hydroxyl groups is 1. The van der Waals surface area contributed by atoms with Gasteiger partial charge in [0, 0.05) is 18.1 Å². The molecular formula is C12H12O3. The van der Waals surface area contributed by atoms with Gasteiger partial charge in [-0.05, 0) is 30.0 Å². The lowest BCUT2D eigenvalue weighted by Crippen LogP contribution is -2.00. The molecule has 15 heavy (non-hydrogen) atoms. The Morgan fingerprint density at radius 2 is 2.27 bits per heavy atom. The van der Waals surface area contributed by atoms with Gasteiger partial charge in [0.2, 0.25) is 0 Å². The Morgan fingerprint density at radius 3 is 3.07 bits per heavy atom. The predicted molar refractivity (Wildman–Crippen MR) is 53.7 cm³/mol. The van der Waals surface area contributed by atoms with Crippen molar-refractivity contribution in [1.82, 2.24) is 0 Å². The minimum absolute atomic E-state index is 0.195. The number of carbonyl (C=O) groups is 1. The van der Waals surface area contributed by atoms with Crippen LogP contribution in [0.15, 0.2) is 12.1 Å². The van der Waals surface area contributed by atoms with Gasteiger partial charge in [0.25, 0.3) is 0 Å². The lowest BCUT2D eigenvalue weighted by molar-refractivity contribution is 0.0535. The van der Waals surface area contributed by atoms with Gasteiger partial charge in [-0.2, -0.15) is 0 Å². The molecule has 0 fully saturated rings. The molecule has 0 saturated heterocycles. The van der Waals surface area contributed by atoms with Gasteiger partial charge >= 0.3 is 5.97 Å². The molecule has 2 aliphatic rings. The van der Waals surface area contributed by atoms with E-state index in [1.165, 1.54) is 11.1 Å². The Kier molecular flexibility index (Phi) is 1.83. The number of ether oxygens (including phenoxy) is 1. The van der Waals surface area contributed by atoms with Crippen molar-refractivity contribution >= 4 is 5.97 Å². The number of benzene rings is 1. The highest BCUT2D eigenvalue weighted by Crippen LogP contribution is 2.38. The predicted octanol–water partition coefficient (Wildman–Crippen LogP) is 1.38. The second-order valence-electron chi connectivity index (χ2n) is 4.15. The number of rotatable bonds is 1. The molecule has 0 aromatic heterocycles. The van der Waals surface area contributed by atoms with Crippen LogP contribution in [0, 0.1) is 0 Å². The van der Waals surface area contributed by atoms with Crippen molar-refractivity contribution in [1.29, 1.82) is 0 Å². The van der Waals surface area contributed by atoms with E-state index in [0.29, 0.717) is 12.2 Å². The highest BCUT2D eigenvalue weighted by Gasteiger charge is 2.30. The summed E-state index contributed by atoms with van der Waals surface area (Å²) in [7, 11) is 0. The Hall–Kier alpha value is -1.35. The number of hydrogen-bond acceptors (Lipinski definition) is 3. The molecule has 1 aromatic rings. The van der Waals surface area contributed by atoms with Crippen LogP contribution in [-0.4, -0.2) is 17.7 Å². The molecule has 3 rings (SSSR count). The van der Waals surface area contributed by atoms with Crippen molar-refractivity contribution < 1.29 is 14.6 Å². The van der Waals surface area contributed by atoms with Gasteiger partial charge in [-0.15, -0.1) is 0 Å². The quantitative estimate of drug-likeness (QED) is 0.703. The third kappa shape index (κ3) is 1.13. The summed E-state index contributed by atoms with van der Waals surface area (Å²) in [5.74, 6) is 0.0428. The zero-order valence-electron chi connectivity index (χ0n) is 8.32. The van der Waals surface area contributed by atoms with Crippen LogP contribution in [0.2, 0.25) is 0 Å². The molecule has 1 aliphatic carbocycles. The monoisotopic (exact) mass is 204 g/mol. The van der Waals surface area contributed by atoms with Gasteiger partial charge in [0.05, 0.1) is 5.56 Å². The van der Waals surface area contributed by atoms with E-state index in [2.05, 4.69) is 0 Å². The average molecular weight is 204 g/mol.